The lowest BCUT2D eigenvalue weighted by molar-refractivity contribution is -0.401. The number of hydrogen-bond donors (Lipinski definition) is 1. The summed E-state index contributed by atoms with van der Waals surface area (Å²) in [6, 6.07) is 23.2. The number of ketones is 2. The molecule has 0 fully saturated rings. The average molecular weight is 622 g/mol. The fourth-order valence-corrected chi connectivity index (χ4v) is 7.89. The zero-order valence-corrected chi connectivity index (χ0v) is 26.3. The topological polar surface area (TPSA) is 60.6 Å². The maximum absolute atomic E-state index is 14.3. The Morgan fingerprint density at radius 1 is 0.848 bits per heavy atom. The molecule has 4 aromatic rings. The highest BCUT2D eigenvalue weighted by Crippen LogP contribution is 2.52. The standard InChI is InChI=1S/C38H31F3N2O3/c1-36(2)27(42(5)25-17-15-20-11-7-9-13-22(20)30(25)36)19-24-32(44)28(33(24)45)29(35(46)38(39,40)41)34-37(3,4)31-23-14-10-8-12-21(23)16-18-26(31)43(34)6/h7-19H,1-6H3/p+1. The summed E-state index contributed by atoms with van der Waals surface area (Å²) >= 11 is 0. The number of rotatable bonds is 3. The van der Waals surface area contributed by atoms with Crippen LogP contribution in [0.4, 0.5) is 24.5 Å². The van der Waals surface area contributed by atoms with Crippen molar-refractivity contribution in [2.75, 3.05) is 19.0 Å². The molecule has 8 heteroatoms. The number of benzene rings is 4. The summed E-state index contributed by atoms with van der Waals surface area (Å²) in [5.74, 6) is -3.59. The predicted molar refractivity (Wildman–Crippen MR) is 174 cm³/mol. The zero-order chi connectivity index (χ0) is 33.1. The van der Waals surface area contributed by atoms with E-state index in [2.05, 4.69) is 0 Å². The molecule has 0 atom stereocenters. The first-order chi connectivity index (χ1) is 21.6. The minimum Gasteiger partial charge on any atom is -0.506 e. The van der Waals surface area contributed by atoms with Crippen molar-refractivity contribution >= 4 is 50.2 Å². The lowest BCUT2D eigenvalue weighted by atomic mass is 9.72. The molecule has 4 aromatic carbocycles. The molecule has 0 saturated heterocycles. The van der Waals surface area contributed by atoms with Gasteiger partial charge in [0.1, 0.15) is 18.4 Å². The molecule has 5 nitrogen and oxygen atoms in total. The number of carbonyl (C=O) groups excluding carboxylic acids is 2. The van der Waals surface area contributed by atoms with Gasteiger partial charge in [-0.2, -0.15) is 17.7 Å². The van der Waals surface area contributed by atoms with E-state index in [9.17, 15) is 27.9 Å². The second kappa shape index (κ2) is 9.52. The van der Waals surface area contributed by atoms with E-state index in [1.54, 1.807) is 37.6 Å². The number of likely N-dealkylation sites (N-methyl/N-ethyl adjacent to an activating group) is 1. The van der Waals surface area contributed by atoms with E-state index in [-0.39, 0.29) is 11.3 Å². The maximum Gasteiger partial charge on any atom is 0.455 e. The Morgan fingerprint density at radius 3 is 2.00 bits per heavy atom. The molecular weight excluding hydrogens is 589 g/mol. The predicted octanol–water partition coefficient (Wildman–Crippen LogP) is 8.13. The van der Waals surface area contributed by atoms with Crippen molar-refractivity contribution in [2.24, 2.45) is 0 Å². The van der Waals surface area contributed by atoms with Crippen LogP contribution in [0.1, 0.15) is 38.8 Å². The fraction of sp³-hybridized carbons (Fsp3) is 0.237. The summed E-state index contributed by atoms with van der Waals surface area (Å²) in [4.78, 5) is 29.1. The number of hydrogen-bond acceptors (Lipinski definition) is 4. The first-order valence-corrected chi connectivity index (χ1v) is 15.0. The number of fused-ring (bicyclic) bond motifs is 6. The SMILES string of the molecule is CN1/C(=C/C2=C(O)C(=C(\C(=O)C(F)(F)F)C3=[N+](C)c4ccc5ccccc5c4C3(C)C)/C2=O)C(C)(C)c2c1ccc1ccccc21. The highest BCUT2D eigenvalue weighted by atomic mass is 19.4. The quantitative estimate of drug-likeness (QED) is 0.185. The van der Waals surface area contributed by atoms with Crippen molar-refractivity contribution < 1.29 is 32.4 Å². The number of aliphatic hydroxyl groups excluding tert-OH is 1. The summed E-state index contributed by atoms with van der Waals surface area (Å²) in [7, 11) is 3.45. The van der Waals surface area contributed by atoms with E-state index in [0.29, 0.717) is 11.4 Å². The van der Waals surface area contributed by atoms with Gasteiger partial charge in [0.15, 0.2) is 0 Å². The van der Waals surface area contributed by atoms with E-state index >= 15 is 0 Å². The van der Waals surface area contributed by atoms with E-state index in [4.69, 9.17) is 0 Å². The Balaban J connectivity index is 1.42. The summed E-state index contributed by atoms with van der Waals surface area (Å²) in [6.07, 6.45) is -3.74. The highest BCUT2D eigenvalue weighted by molar-refractivity contribution is 6.35. The molecule has 0 aromatic heterocycles. The van der Waals surface area contributed by atoms with Gasteiger partial charge in [-0.25, -0.2) is 0 Å². The van der Waals surface area contributed by atoms with Gasteiger partial charge in [-0.3, -0.25) is 9.59 Å². The van der Waals surface area contributed by atoms with Crippen molar-refractivity contribution in [3.63, 3.8) is 0 Å². The third-order valence-electron chi connectivity index (χ3n) is 9.93. The maximum atomic E-state index is 14.3. The number of alkyl halides is 3. The molecule has 0 unspecified atom stereocenters. The van der Waals surface area contributed by atoms with Crippen LogP contribution >= 0.6 is 0 Å². The first-order valence-electron chi connectivity index (χ1n) is 15.0. The normalized spacial score (nSPS) is 20.5. The van der Waals surface area contributed by atoms with Gasteiger partial charge < -0.3 is 10.0 Å². The molecule has 2 heterocycles. The second-order valence-electron chi connectivity index (χ2n) is 13.3. The molecule has 0 saturated carbocycles. The summed E-state index contributed by atoms with van der Waals surface area (Å²) in [5.41, 5.74) is 0.785. The average Bonchev–Trinajstić information content (AvgIpc) is 3.34. The molecule has 1 N–H and O–H groups in total. The van der Waals surface area contributed by atoms with Crippen LogP contribution in [0.25, 0.3) is 21.5 Å². The Bertz CT molecular complexity index is 2210. The van der Waals surface area contributed by atoms with Crippen molar-refractivity contribution in [2.45, 2.75) is 44.7 Å². The molecule has 1 aliphatic carbocycles. The molecule has 0 spiro atoms. The van der Waals surface area contributed by atoms with E-state index < -0.39 is 45.5 Å². The molecule has 232 valence electrons. The Hall–Kier alpha value is -4.98. The van der Waals surface area contributed by atoms with Crippen LogP contribution in [0.5, 0.6) is 0 Å². The molecule has 3 aliphatic rings. The second-order valence-corrected chi connectivity index (χ2v) is 13.3. The lowest BCUT2D eigenvalue weighted by Crippen LogP contribution is -2.41. The molecule has 2 aliphatic heterocycles. The highest BCUT2D eigenvalue weighted by Gasteiger charge is 2.57. The number of halogens is 3. The smallest absolute Gasteiger partial charge is 0.455 e. The molecule has 0 amide bonds. The van der Waals surface area contributed by atoms with Gasteiger partial charge >= 0.3 is 6.18 Å². The van der Waals surface area contributed by atoms with Gasteiger partial charge in [0.25, 0.3) is 5.78 Å². The van der Waals surface area contributed by atoms with Gasteiger partial charge in [-0.15, -0.1) is 0 Å². The van der Waals surface area contributed by atoms with Gasteiger partial charge in [-0.05, 0) is 59.2 Å². The summed E-state index contributed by atoms with van der Waals surface area (Å²) in [5, 5.41) is 15.3. The minimum atomic E-state index is -5.28. The minimum absolute atomic E-state index is 0.0139. The Labute approximate surface area is 264 Å². The van der Waals surface area contributed by atoms with Crippen LogP contribution in [-0.2, 0) is 20.4 Å². The largest absolute Gasteiger partial charge is 0.506 e. The number of anilines is 1. The van der Waals surface area contributed by atoms with Gasteiger partial charge in [0.05, 0.1) is 16.6 Å². The van der Waals surface area contributed by atoms with Crippen molar-refractivity contribution in [3.8, 4) is 0 Å². The van der Waals surface area contributed by atoms with Crippen molar-refractivity contribution in [1.29, 1.82) is 0 Å². The van der Waals surface area contributed by atoms with E-state index in [1.165, 1.54) is 0 Å². The number of carbonyl (C=O) groups is 2. The van der Waals surface area contributed by atoms with E-state index in [1.807, 2.05) is 92.5 Å². The monoisotopic (exact) mass is 621 g/mol. The van der Waals surface area contributed by atoms with Crippen molar-refractivity contribution in [3.05, 3.63) is 118 Å². The summed E-state index contributed by atoms with van der Waals surface area (Å²) < 4.78 is 44.4. The molecular formula is C38H32F3N2O3+. The fourth-order valence-electron chi connectivity index (χ4n) is 7.89. The lowest BCUT2D eigenvalue weighted by Gasteiger charge is -2.29. The van der Waals surface area contributed by atoms with Crippen LogP contribution in [0, 0.1) is 0 Å². The number of nitrogens with zero attached hydrogens (tertiary/aromatic N) is 2. The Kier molecular flexibility index (Phi) is 6.15. The molecule has 0 radical (unpaired) electrons. The van der Waals surface area contributed by atoms with Crippen LogP contribution in [0.3, 0.4) is 0 Å². The van der Waals surface area contributed by atoms with Crippen LogP contribution < -0.4 is 4.90 Å². The van der Waals surface area contributed by atoms with Gasteiger partial charge in [-0.1, -0.05) is 68.4 Å². The number of allylic oxidation sites excluding steroid dienone is 5. The molecule has 0 bridgehead atoms. The van der Waals surface area contributed by atoms with Gasteiger partial charge in [0.2, 0.25) is 17.2 Å². The van der Waals surface area contributed by atoms with Crippen LogP contribution in [0.2, 0.25) is 0 Å². The van der Waals surface area contributed by atoms with Crippen molar-refractivity contribution in [1.82, 2.24) is 0 Å². The zero-order valence-electron chi connectivity index (χ0n) is 26.3. The van der Waals surface area contributed by atoms with Gasteiger partial charge in [0, 0.05) is 35.5 Å². The van der Waals surface area contributed by atoms with E-state index in [0.717, 1.165) is 38.4 Å². The Morgan fingerprint density at radius 2 is 1.41 bits per heavy atom. The summed E-state index contributed by atoms with van der Waals surface area (Å²) in [6.45, 7) is 7.51. The molecule has 7 rings (SSSR count). The number of aliphatic hydroxyl groups is 1. The molecule has 46 heavy (non-hydrogen) atoms. The van der Waals surface area contributed by atoms with Crippen LogP contribution in [-0.4, -0.2) is 47.2 Å². The third-order valence-corrected chi connectivity index (χ3v) is 9.93. The number of Topliss-reactive ketones (excluding diaryl/α,β-unsaturated/α-hetero) is 2. The van der Waals surface area contributed by atoms with Crippen LogP contribution in [0.15, 0.2) is 107 Å². The third kappa shape index (κ3) is 3.85. The first kappa shape index (κ1) is 29.7.